The first kappa shape index (κ1) is 24.6. The second kappa shape index (κ2) is 10.5. The molecule has 188 valence electrons. The molecule has 2 aromatic carbocycles. The van der Waals surface area contributed by atoms with Gasteiger partial charge < -0.3 is 15.5 Å². The van der Waals surface area contributed by atoms with Crippen molar-refractivity contribution < 1.29 is 4.39 Å². The van der Waals surface area contributed by atoms with Gasteiger partial charge in [-0.25, -0.2) is 14.4 Å². The smallest absolute Gasteiger partial charge is 0.170 e. The summed E-state index contributed by atoms with van der Waals surface area (Å²) in [7, 11) is 4.10. The standard InChI is InChI=1S/C28H33FN6S/c1-18-31-26(19-4-10-23(11-5-19)34(2)3)15-27(32-18)25-17-35-13-12-20(25)14-24(35)16-30-28(36)33-22-8-6-21(29)7-9-22/h4-11,15,20,24-25H,12-14,16-17H2,1-3H3,(H2,30,33,36)/t20-,24+,25+/m0/s1. The van der Waals surface area contributed by atoms with E-state index in [1.165, 1.54) is 24.2 Å². The first-order valence-corrected chi connectivity index (χ1v) is 12.9. The van der Waals surface area contributed by atoms with Crippen molar-refractivity contribution in [2.24, 2.45) is 5.92 Å². The minimum absolute atomic E-state index is 0.256. The highest BCUT2D eigenvalue weighted by molar-refractivity contribution is 7.80. The molecule has 8 heteroatoms. The first-order chi connectivity index (χ1) is 17.4. The third-order valence-electron chi connectivity index (χ3n) is 7.40. The Balaban J connectivity index is 1.23. The molecule has 0 spiro atoms. The molecule has 2 N–H and O–H groups in total. The summed E-state index contributed by atoms with van der Waals surface area (Å²) >= 11 is 5.47. The van der Waals surface area contributed by atoms with E-state index in [0.29, 0.717) is 23.0 Å². The molecule has 36 heavy (non-hydrogen) atoms. The topological polar surface area (TPSA) is 56.3 Å². The van der Waals surface area contributed by atoms with Crippen molar-refractivity contribution in [2.45, 2.75) is 31.7 Å². The fourth-order valence-electron chi connectivity index (χ4n) is 5.46. The van der Waals surface area contributed by atoms with Crippen LogP contribution in [0.2, 0.25) is 0 Å². The van der Waals surface area contributed by atoms with Gasteiger partial charge in [-0.2, -0.15) is 0 Å². The molecule has 3 aliphatic rings. The van der Waals surface area contributed by atoms with Crippen molar-refractivity contribution in [3.8, 4) is 11.3 Å². The number of hydrogen-bond acceptors (Lipinski definition) is 5. The van der Waals surface area contributed by atoms with Crippen LogP contribution in [0.4, 0.5) is 15.8 Å². The Kier molecular flexibility index (Phi) is 7.16. The van der Waals surface area contributed by atoms with Crippen molar-refractivity contribution in [3.05, 3.63) is 71.9 Å². The molecule has 0 aliphatic carbocycles. The van der Waals surface area contributed by atoms with Crippen LogP contribution in [0.1, 0.15) is 30.3 Å². The van der Waals surface area contributed by atoms with Crippen LogP contribution in [0.5, 0.6) is 0 Å². The molecule has 3 fully saturated rings. The maximum atomic E-state index is 13.1. The Morgan fingerprint density at radius 3 is 2.53 bits per heavy atom. The molecule has 1 aromatic heterocycles. The Morgan fingerprint density at radius 2 is 1.86 bits per heavy atom. The van der Waals surface area contributed by atoms with E-state index in [0.717, 1.165) is 54.5 Å². The van der Waals surface area contributed by atoms with Crippen molar-refractivity contribution in [1.29, 1.82) is 0 Å². The number of nitrogens with one attached hydrogen (secondary N) is 2. The van der Waals surface area contributed by atoms with Crippen LogP contribution < -0.4 is 15.5 Å². The molecular formula is C28H33FN6S. The van der Waals surface area contributed by atoms with E-state index in [1.54, 1.807) is 12.1 Å². The van der Waals surface area contributed by atoms with Gasteiger partial charge in [-0.1, -0.05) is 12.1 Å². The molecule has 1 unspecified atom stereocenters. The number of aryl methyl sites for hydroxylation is 1. The average molecular weight is 505 g/mol. The van der Waals surface area contributed by atoms with Crippen molar-refractivity contribution in [3.63, 3.8) is 0 Å². The van der Waals surface area contributed by atoms with Gasteiger partial charge in [0.15, 0.2) is 5.11 Å². The Hall–Kier alpha value is -3.10. The predicted molar refractivity (Wildman–Crippen MR) is 148 cm³/mol. The fraction of sp³-hybridized carbons (Fsp3) is 0.393. The van der Waals surface area contributed by atoms with Gasteiger partial charge in [0.25, 0.3) is 0 Å². The number of anilines is 2. The van der Waals surface area contributed by atoms with Crippen LogP contribution in [0.3, 0.4) is 0 Å². The summed E-state index contributed by atoms with van der Waals surface area (Å²) < 4.78 is 13.1. The summed E-state index contributed by atoms with van der Waals surface area (Å²) in [6.07, 6.45) is 2.31. The number of aromatic nitrogens is 2. The monoisotopic (exact) mass is 504 g/mol. The van der Waals surface area contributed by atoms with Gasteiger partial charge in [0, 0.05) is 61.8 Å². The van der Waals surface area contributed by atoms with Crippen molar-refractivity contribution in [1.82, 2.24) is 20.2 Å². The van der Waals surface area contributed by atoms with Crippen LogP contribution in [-0.2, 0) is 0 Å². The SMILES string of the molecule is Cc1nc(-c2ccc(N(C)C)cc2)cc([C@@H]2CN3CC[C@H]2C[C@@H]3CNC(=S)Nc2ccc(F)cc2)n1. The van der Waals surface area contributed by atoms with E-state index >= 15 is 0 Å². The lowest BCUT2D eigenvalue weighted by Crippen LogP contribution is -2.56. The number of fused-ring (bicyclic) bond motifs is 3. The van der Waals surface area contributed by atoms with Crippen LogP contribution in [0.25, 0.3) is 11.3 Å². The molecule has 6 nitrogen and oxygen atoms in total. The average Bonchev–Trinajstić information content (AvgIpc) is 2.89. The zero-order chi connectivity index (χ0) is 25.2. The van der Waals surface area contributed by atoms with E-state index in [2.05, 4.69) is 50.8 Å². The number of rotatable bonds is 6. The molecule has 4 heterocycles. The number of halogens is 1. The molecule has 4 atom stereocenters. The van der Waals surface area contributed by atoms with Crippen LogP contribution in [-0.4, -0.2) is 59.8 Å². The molecule has 3 aliphatic heterocycles. The number of benzene rings is 2. The molecule has 6 rings (SSSR count). The largest absolute Gasteiger partial charge is 0.378 e. The van der Waals surface area contributed by atoms with Crippen molar-refractivity contribution in [2.75, 3.05) is 43.9 Å². The summed E-state index contributed by atoms with van der Waals surface area (Å²) in [5.74, 6) is 1.58. The van der Waals surface area contributed by atoms with Crippen LogP contribution >= 0.6 is 12.2 Å². The summed E-state index contributed by atoms with van der Waals surface area (Å²) in [6.45, 7) is 4.89. The molecule has 0 radical (unpaired) electrons. The van der Waals surface area contributed by atoms with Gasteiger partial charge in [0.05, 0.1) is 5.69 Å². The molecule has 3 saturated heterocycles. The van der Waals surface area contributed by atoms with Crippen LogP contribution in [0.15, 0.2) is 54.6 Å². The number of thiocarbonyl (C=S) groups is 1. The normalized spacial score (nSPS) is 22.8. The van der Waals surface area contributed by atoms with Crippen molar-refractivity contribution >= 4 is 28.7 Å². The summed E-state index contributed by atoms with van der Waals surface area (Å²) in [4.78, 5) is 14.3. The highest BCUT2D eigenvalue weighted by Gasteiger charge is 2.41. The Bertz CT molecular complexity index is 1210. The third kappa shape index (κ3) is 5.50. The third-order valence-corrected chi connectivity index (χ3v) is 7.64. The van der Waals surface area contributed by atoms with E-state index in [4.69, 9.17) is 22.2 Å². The van der Waals surface area contributed by atoms with Gasteiger partial charge in [0.1, 0.15) is 11.6 Å². The Labute approximate surface area is 217 Å². The summed E-state index contributed by atoms with van der Waals surface area (Å²) in [5, 5.41) is 7.07. The zero-order valence-corrected chi connectivity index (χ0v) is 21.9. The molecule has 2 bridgehead atoms. The van der Waals surface area contributed by atoms with Gasteiger partial charge >= 0.3 is 0 Å². The minimum atomic E-state index is -0.256. The molecular weight excluding hydrogens is 471 g/mol. The Morgan fingerprint density at radius 1 is 1.11 bits per heavy atom. The van der Waals surface area contributed by atoms with Gasteiger partial charge in [0.2, 0.25) is 0 Å². The lowest BCUT2D eigenvalue weighted by molar-refractivity contribution is 0.0314. The maximum absolute atomic E-state index is 13.1. The number of piperidine rings is 3. The van der Waals surface area contributed by atoms with Gasteiger partial charge in [-0.15, -0.1) is 0 Å². The fourth-order valence-corrected chi connectivity index (χ4v) is 5.66. The van der Waals surface area contributed by atoms with E-state index in [9.17, 15) is 4.39 Å². The van der Waals surface area contributed by atoms with E-state index in [-0.39, 0.29) is 5.82 Å². The highest BCUT2D eigenvalue weighted by atomic mass is 32.1. The molecule has 0 saturated carbocycles. The lowest BCUT2D eigenvalue weighted by Gasteiger charge is -2.49. The first-order valence-electron chi connectivity index (χ1n) is 12.5. The second-order valence-corrected chi connectivity index (χ2v) is 10.5. The van der Waals surface area contributed by atoms with Crippen LogP contribution in [0, 0.1) is 18.7 Å². The molecule has 3 aromatic rings. The number of nitrogens with zero attached hydrogens (tertiary/aromatic N) is 4. The maximum Gasteiger partial charge on any atom is 0.170 e. The lowest BCUT2D eigenvalue weighted by atomic mass is 9.74. The van der Waals surface area contributed by atoms with Gasteiger partial charge in [-0.3, -0.25) is 4.90 Å². The predicted octanol–water partition coefficient (Wildman–Crippen LogP) is 4.82. The molecule has 0 amide bonds. The summed E-state index contributed by atoms with van der Waals surface area (Å²) in [6, 6.07) is 17.4. The number of hydrogen-bond donors (Lipinski definition) is 2. The van der Waals surface area contributed by atoms with E-state index in [1.807, 2.05) is 21.0 Å². The second-order valence-electron chi connectivity index (χ2n) is 10.0. The van der Waals surface area contributed by atoms with Gasteiger partial charge in [-0.05, 0) is 86.9 Å². The highest BCUT2D eigenvalue weighted by Crippen LogP contribution is 2.41. The minimum Gasteiger partial charge on any atom is -0.378 e. The summed E-state index contributed by atoms with van der Waals surface area (Å²) in [5.41, 5.74) is 5.23. The van der Waals surface area contributed by atoms with E-state index < -0.39 is 0 Å². The zero-order valence-electron chi connectivity index (χ0n) is 21.0. The quantitative estimate of drug-likeness (QED) is 0.467.